The van der Waals surface area contributed by atoms with Crippen LogP contribution >= 0.6 is 0 Å². The molecule has 1 aliphatic heterocycles. The molecule has 1 fully saturated rings. The van der Waals surface area contributed by atoms with Gasteiger partial charge in [-0.3, -0.25) is 4.79 Å². The maximum Gasteiger partial charge on any atom is 0.223 e. The van der Waals surface area contributed by atoms with E-state index < -0.39 is 0 Å². The maximum atomic E-state index is 12.6. The Morgan fingerprint density at radius 3 is 2.48 bits per heavy atom. The van der Waals surface area contributed by atoms with Gasteiger partial charge in [0.25, 0.3) is 0 Å². The molecule has 1 saturated heterocycles. The summed E-state index contributed by atoms with van der Waals surface area (Å²) in [5.41, 5.74) is 5.81. The molecule has 0 bridgehead atoms. The highest BCUT2D eigenvalue weighted by Crippen LogP contribution is 2.20. The summed E-state index contributed by atoms with van der Waals surface area (Å²) in [5, 5.41) is 9.28. The third-order valence-electron chi connectivity index (χ3n) is 4.39. The Hall–Kier alpha value is -0.650. The van der Waals surface area contributed by atoms with Gasteiger partial charge < -0.3 is 20.6 Å². The highest BCUT2D eigenvalue weighted by Gasteiger charge is 2.27. The molecule has 0 radical (unpaired) electrons. The highest BCUT2D eigenvalue weighted by molar-refractivity contribution is 5.76. The molecule has 0 aromatic heterocycles. The topological polar surface area (TPSA) is 69.8 Å². The number of amides is 1. The number of nitrogens with zero attached hydrogens (tertiary/aromatic N) is 2. The fourth-order valence-electron chi connectivity index (χ4n) is 3.22. The van der Waals surface area contributed by atoms with Crippen LogP contribution in [0, 0.1) is 11.8 Å². The molecule has 1 heterocycles. The second kappa shape index (κ2) is 9.38. The number of hydrogen-bond donors (Lipinski definition) is 2. The minimum atomic E-state index is 0.0373. The molecule has 1 aliphatic rings. The highest BCUT2D eigenvalue weighted by atomic mass is 16.3. The monoisotopic (exact) mass is 299 g/mol. The molecule has 0 aliphatic carbocycles. The summed E-state index contributed by atoms with van der Waals surface area (Å²) in [6.07, 6.45) is 3.50. The first-order valence-electron chi connectivity index (χ1n) is 8.26. The van der Waals surface area contributed by atoms with E-state index in [0.29, 0.717) is 25.4 Å². The van der Waals surface area contributed by atoms with Crippen molar-refractivity contribution < 1.29 is 9.90 Å². The van der Waals surface area contributed by atoms with Crippen LogP contribution in [-0.2, 0) is 4.79 Å². The van der Waals surface area contributed by atoms with Crippen molar-refractivity contribution in [3.05, 3.63) is 0 Å². The molecular formula is C16H33N3O2. The third kappa shape index (κ3) is 6.32. The first kappa shape index (κ1) is 18.4. The van der Waals surface area contributed by atoms with Gasteiger partial charge in [0.15, 0.2) is 0 Å². The Morgan fingerprint density at radius 2 is 2.00 bits per heavy atom. The Morgan fingerprint density at radius 1 is 1.38 bits per heavy atom. The molecule has 3 N–H and O–H groups in total. The summed E-state index contributed by atoms with van der Waals surface area (Å²) in [7, 11) is 2.11. The van der Waals surface area contributed by atoms with E-state index in [-0.39, 0.29) is 24.5 Å². The zero-order valence-corrected chi connectivity index (χ0v) is 13.9. The molecule has 1 unspecified atom stereocenters. The largest absolute Gasteiger partial charge is 0.395 e. The number of hydrogen-bond acceptors (Lipinski definition) is 4. The van der Waals surface area contributed by atoms with Crippen LogP contribution in [0.2, 0.25) is 0 Å². The van der Waals surface area contributed by atoms with E-state index in [1.165, 1.54) is 0 Å². The van der Waals surface area contributed by atoms with E-state index in [4.69, 9.17) is 5.73 Å². The van der Waals surface area contributed by atoms with Crippen LogP contribution in [-0.4, -0.2) is 66.7 Å². The number of carbonyl (C=O) groups is 1. The van der Waals surface area contributed by atoms with Crippen molar-refractivity contribution in [2.45, 2.75) is 45.6 Å². The Labute approximate surface area is 129 Å². The number of carbonyl (C=O) groups excluding carboxylic acids is 1. The minimum Gasteiger partial charge on any atom is -0.395 e. The molecule has 0 spiro atoms. The van der Waals surface area contributed by atoms with Crippen molar-refractivity contribution in [2.24, 2.45) is 17.6 Å². The molecule has 1 atom stereocenters. The Kier molecular flexibility index (Phi) is 8.22. The van der Waals surface area contributed by atoms with Gasteiger partial charge in [0.2, 0.25) is 5.91 Å². The van der Waals surface area contributed by atoms with E-state index in [0.717, 1.165) is 32.4 Å². The molecule has 1 rings (SSSR count). The summed E-state index contributed by atoms with van der Waals surface area (Å²) < 4.78 is 0. The third-order valence-corrected chi connectivity index (χ3v) is 4.39. The molecular weight excluding hydrogens is 266 g/mol. The van der Waals surface area contributed by atoms with E-state index in [1.54, 1.807) is 0 Å². The lowest BCUT2D eigenvalue weighted by Gasteiger charge is -2.37. The van der Waals surface area contributed by atoms with Crippen LogP contribution in [0.15, 0.2) is 0 Å². The summed E-state index contributed by atoms with van der Waals surface area (Å²) in [5.74, 6) is 0.973. The van der Waals surface area contributed by atoms with Gasteiger partial charge in [-0.2, -0.15) is 0 Å². The average molecular weight is 299 g/mol. The molecule has 5 heteroatoms. The lowest BCUT2D eigenvalue weighted by Crippen LogP contribution is -2.48. The predicted molar refractivity (Wildman–Crippen MR) is 85.9 cm³/mol. The quantitative estimate of drug-likeness (QED) is 0.699. The summed E-state index contributed by atoms with van der Waals surface area (Å²) in [6, 6.07) is 0.276. The second-order valence-corrected chi connectivity index (χ2v) is 6.78. The van der Waals surface area contributed by atoms with Crippen LogP contribution in [0.1, 0.15) is 39.5 Å². The van der Waals surface area contributed by atoms with E-state index in [9.17, 15) is 9.90 Å². The van der Waals surface area contributed by atoms with Crippen molar-refractivity contribution in [3.8, 4) is 0 Å². The van der Waals surface area contributed by atoms with Crippen molar-refractivity contribution in [1.29, 1.82) is 0 Å². The predicted octanol–water partition coefficient (Wildman–Crippen LogP) is 0.913. The molecule has 1 amide bonds. The minimum absolute atomic E-state index is 0.0373. The van der Waals surface area contributed by atoms with E-state index >= 15 is 0 Å². The Bertz CT molecular complexity index is 302. The van der Waals surface area contributed by atoms with Gasteiger partial charge in [-0.1, -0.05) is 13.8 Å². The number of nitrogens with two attached hydrogens (primary N) is 1. The van der Waals surface area contributed by atoms with Gasteiger partial charge in [0.05, 0.1) is 6.61 Å². The van der Waals surface area contributed by atoms with Gasteiger partial charge in [-0.25, -0.2) is 0 Å². The van der Waals surface area contributed by atoms with Gasteiger partial charge >= 0.3 is 0 Å². The number of aliphatic hydroxyl groups is 1. The van der Waals surface area contributed by atoms with Crippen molar-refractivity contribution in [1.82, 2.24) is 9.80 Å². The second-order valence-electron chi connectivity index (χ2n) is 6.78. The fraction of sp³-hybridized carbons (Fsp3) is 0.938. The lowest BCUT2D eigenvalue weighted by atomic mass is 9.93. The normalized spacial score (nSPS) is 19.0. The molecule has 21 heavy (non-hydrogen) atoms. The summed E-state index contributed by atoms with van der Waals surface area (Å²) in [4.78, 5) is 16.8. The maximum absolute atomic E-state index is 12.6. The SMILES string of the molecule is CC(C)CC(CN)CC(=O)N(CCO)C1CCN(C)CC1. The van der Waals surface area contributed by atoms with Gasteiger partial charge in [-0.05, 0) is 57.8 Å². The smallest absolute Gasteiger partial charge is 0.223 e. The van der Waals surface area contributed by atoms with Crippen LogP contribution in [0.3, 0.4) is 0 Å². The molecule has 124 valence electrons. The zero-order chi connectivity index (χ0) is 15.8. The average Bonchev–Trinajstić information content (AvgIpc) is 2.44. The molecule has 0 aromatic rings. The number of piperidine rings is 1. The zero-order valence-electron chi connectivity index (χ0n) is 13.9. The van der Waals surface area contributed by atoms with Crippen LogP contribution < -0.4 is 5.73 Å². The molecule has 0 aromatic carbocycles. The van der Waals surface area contributed by atoms with Gasteiger partial charge in [0, 0.05) is 19.0 Å². The number of likely N-dealkylation sites (tertiary alicyclic amines) is 1. The molecule has 5 nitrogen and oxygen atoms in total. The van der Waals surface area contributed by atoms with Crippen molar-refractivity contribution >= 4 is 5.91 Å². The van der Waals surface area contributed by atoms with E-state index in [1.807, 2.05) is 4.90 Å². The molecule has 0 saturated carbocycles. The van der Waals surface area contributed by atoms with Gasteiger partial charge in [-0.15, -0.1) is 0 Å². The summed E-state index contributed by atoms with van der Waals surface area (Å²) >= 11 is 0. The Balaban J connectivity index is 2.59. The summed E-state index contributed by atoms with van der Waals surface area (Å²) in [6.45, 7) is 7.41. The van der Waals surface area contributed by atoms with Crippen molar-refractivity contribution in [2.75, 3.05) is 39.8 Å². The fourth-order valence-corrected chi connectivity index (χ4v) is 3.22. The first-order valence-corrected chi connectivity index (χ1v) is 8.26. The number of rotatable bonds is 8. The van der Waals surface area contributed by atoms with Crippen molar-refractivity contribution in [3.63, 3.8) is 0 Å². The van der Waals surface area contributed by atoms with Crippen LogP contribution in [0.4, 0.5) is 0 Å². The standard InChI is InChI=1S/C16H33N3O2/c1-13(2)10-14(12-17)11-16(21)19(8-9-20)15-4-6-18(3)7-5-15/h13-15,20H,4-12,17H2,1-3H3. The van der Waals surface area contributed by atoms with Gasteiger partial charge in [0.1, 0.15) is 0 Å². The first-order chi connectivity index (χ1) is 9.97. The van der Waals surface area contributed by atoms with E-state index in [2.05, 4.69) is 25.8 Å². The van der Waals surface area contributed by atoms with Crippen LogP contribution in [0.5, 0.6) is 0 Å². The van der Waals surface area contributed by atoms with Crippen LogP contribution in [0.25, 0.3) is 0 Å². The number of aliphatic hydroxyl groups excluding tert-OH is 1. The lowest BCUT2D eigenvalue weighted by molar-refractivity contribution is -0.136.